The molecule has 3 atom stereocenters. The molecule has 17 heavy (non-hydrogen) atoms. The van der Waals surface area contributed by atoms with Crippen LogP contribution in [0, 0.1) is 11.8 Å². The maximum Gasteiger partial charge on any atom is 0.233 e. The number of ether oxygens (including phenoxy) is 1. The summed E-state index contributed by atoms with van der Waals surface area (Å²) in [6, 6.07) is 0. The summed E-state index contributed by atoms with van der Waals surface area (Å²) in [4.78, 5) is 25.2. The molecule has 1 aliphatic heterocycles. The topological polar surface area (TPSA) is 66.8 Å². The van der Waals surface area contributed by atoms with Crippen LogP contribution in [0.25, 0.3) is 0 Å². The molecule has 0 aromatic carbocycles. The first kappa shape index (κ1) is 12.3. The Morgan fingerprint density at radius 2 is 1.88 bits per heavy atom. The van der Waals surface area contributed by atoms with Crippen LogP contribution in [0.15, 0.2) is 12.2 Å². The first-order valence-electron chi connectivity index (χ1n) is 5.82. The summed E-state index contributed by atoms with van der Waals surface area (Å²) >= 11 is 0. The van der Waals surface area contributed by atoms with E-state index >= 15 is 0 Å². The summed E-state index contributed by atoms with van der Waals surface area (Å²) in [6.45, 7) is 0.170. The van der Waals surface area contributed by atoms with Crippen molar-refractivity contribution in [2.24, 2.45) is 11.8 Å². The van der Waals surface area contributed by atoms with Gasteiger partial charge in [-0.3, -0.25) is 14.5 Å². The zero-order valence-corrected chi connectivity index (χ0v) is 9.83. The monoisotopic (exact) mass is 239 g/mol. The van der Waals surface area contributed by atoms with E-state index in [2.05, 4.69) is 0 Å². The maximum absolute atomic E-state index is 12.0. The van der Waals surface area contributed by atoms with E-state index in [1.807, 2.05) is 12.2 Å². The molecular formula is C12H17NO4. The number of hydrogen-bond donors (Lipinski definition) is 1. The number of carbonyl (C=O) groups excluding carboxylic acids is 2. The van der Waals surface area contributed by atoms with Gasteiger partial charge in [0.15, 0.2) is 0 Å². The van der Waals surface area contributed by atoms with Crippen molar-refractivity contribution in [3.63, 3.8) is 0 Å². The molecule has 2 rings (SSSR count). The van der Waals surface area contributed by atoms with E-state index in [4.69, 9.17) is 4.74 Å². The highest BCUT2D eigenvalue weighted by molar-refractivity contribution is 6.05. The minimum Gasteiger partial charge on any atom is -0.389 e. The van der Waals surface area contributed by atoms with Gasteiger partial charge < -0.3 is 9.84 Å². The first-order chi connectivity index (χ1) is 8.15. The number of methoxy groups -OCH3 is 1. The summed E-state index contributed by atoms with van der Waals surface area (Å²) in [5.41, 5.74) is 0. The second-order valence-electron chi connectivity index (χ2n) is 4.55. The summed E-state index contributed by atoms with van der Waals surface area (Å²) in [7, 11) is 1.47. The number of fused-ring (bicyclic) bond motifs is 1. The van der Waals surface area contributed by atoms with Gasteiger partial charge in [-0.25, -0.2) is 0 Å². The molecule has 1 heterocycles. The van der Waals surface area contributed by atoms with Crippen LogP contribution in [0.5, 0.6) is 0 Å². The second-order valence-corrected chi connectivity index (χ2v) is 4.55. The van der Waals surface area contributed by atoms with E-state index in [0.717, 1.165) is 0 Å². The van der Waals surface area contributed by atoms with E-state index in [0.29, 0.717) is 12.8 Å². The molecule has 1 fully saturated rings. The normalized spacial score (nSPS) is 29.6. The van der Waals surface area contributed by atoms with Crippen molar-refractivity contribution in [3.8, 4) is 0 Å². The zero-order chi connectivity index (χ0) is 12.4. The molecule has 0 aromatic rings. The molecule has 5 heteroatoms. The summed E-state index contributed by atoms with van der Waals surface area (Å²) in [6.07, 6.45) is 4.35. The number of likely N-dealkylation sites (tertiary alicyclic amines) is 1. The van der Waals surface area contributed by atoms with Crippen LogP contribution in [0.3, 0.4) is 0 Å². The lowest BCUT2D eigenvalue weighted by atomic mass is 9.85. The van der Waals surface area contributed by atoms with Gasteiger partial charge in [-0.15, -0.1) is 0 Å². The van der Waals surface area contributed by atoms with Crippen LogP contribution in [0.1, 0.15) is 12.8 Å². The predicted molar refractivity (Wildman–Crippen MR) is 60.0 cm³/mol. The van der Waals surface area contributed by atoms with Gasteiger partial charge in [0.2, 0.25) is 11.8 Å². The summed E-state index contributed by atoms with van der Waals surface area (Å²) < 4.78 is 4.79. The Labute approximate surface area is 100 Å². The maximum atomic E-state index is 12.0. The Kier molecular flexibility index (Phi) is 3.59. The van der Waals surface area contributed by atoms with Crippen LogP contribution in [0.4, 0.5) is 0 Å². The highest BCUT2D eigenvalue weighted by atomic mass is 16.5. The fourth-order valence-corrected chi connectivity index (χ4v) is 2.50. The molecule has 2 amide bonds. The number of rotatable bonds is 4. The Balaban J connectivity index is 2.05. The fraction of sp³-hybridized carbons (Fsp3) is 0.667. The van der Waals surface area contributed by atoms with Crippen molar-refractivity contribution in [2.75, 3.05) is 20.3 Å². The number of carbonyl (C=O) groups is 2. The molecule has 0 bridgehead atoms. The molecule has 94 valence electrons. The fourth-order valence-electron chi connectivity index (χ4n) is 2.50. The third-order valence-corrected chi connectivity index (χ3v) is 3.35. The van der Waals surface area contributed by atoms with Crippen molar-refractivity contribution in [1.29, 1.82) is 0 Å². The molecule has 0 aromatic heterocycles. The Bertz CT molecular complexity index is 326. The Morgan fingerprint density at radius 1 is 1.35 bits per heavy atom. The number of aliphatic hydroxyl groups excluding tert-OH is 1. The number of amides is 2. The van der Waals surface area contributed by atoms with Gasteiger partial charge in [-0.05, 0) is 12.8 Å². The zero-order valence-electron chi connectivity index (χ0n) is 9.83. The van der Waals surface area contributed by atoms with E-state index < -0.39 is 6.10 Å². The highest BCUT2D eigenvalue weighted by Crippen LogP contribution is 2.34. The SMILES string of the molecule is COCC(O)CN1C(=O)[C@H]2CC=CC[C@H]2C1=O. The average Bonchev–Trinajstić information content (AvgIpc) is 2.56. The first-order valence-corrected chi connectivity index (χ1v) is 5.82. The predicted octanol–water partition coefficient (Wildman–Crippen LogP) is -0.0551. The molecule has 1 unspecified atom stereocenters. The second kappa shape index (κ2) is 4.98. The number of hydrogen-bond acceptors (Lipinski definition) is 4. The number of nitrogens with zero attached hydrogens (tertiary/aromatic N) is 1. The molecule has 1 N–H and O–H groups in total. The van der Waals surface area contributed by atoms with Crippen molar-refractivity contribution in [3.05, 3.63) is 12.2 Å². The summed E-state index contributed by atoms with van der Waals surface area (Å²) in [5, 5.41) is 9.59. The molecule has 5 nitrogen and oxygen atoms in total. The van der Waals surface area contributed by atoms with Crippen LogP contribution >= 0.6 is 0 Å². The minimum absolute atomic E-state index is 0.0402. The molecular weight excluding hydrogens is 222 g/mol. The third-order valence-electron chi connectivity index (χ3n) is 3.35. The van der Waals surface area contributed by atoms with E-state index in [1.54, 1.807) is 0 Å². The van der Waals surface area contributed by atoms with Crippen LogP contribution in [-0.2, 0) is 14.3 Å². The minimum atomic E-state index is -0.805. The third kappa shape index (κ3) is 2.25. The van der Waals surface area contributed by atoms with Gasteiger partial charge in [0.25, 0.3) is 0 Å². The van der Waals surface area contributed by atoms with Crippen molar-refractivity contribution < 1.29 is 19.4 Å². The number of aliphatic hydroxyl groups is 1. The van der Waals surface area contributed by atoms with Gasteiger partial charge in [0.1, 0.15) is 0 Å². The number of β-amino-alcohol motifs (C(OH)–C–C–N with tert-alkyl or cyclic N) is 1. The molecule has 0 radical (unpaired) electrons. The summed E-state index contributed by atoms with van der Waals surface area (Å²) in [5.74, 6) is -0.747. The Hall–Kier alpha value is -1.20. The van der Waals surface area contributed by atoms with Crippen LogP contribution in [0.2, 0.25) is 0 Å². The van der Waals surface area contributed by atoms with Gasteiger partial charge in [-0.1, -0.05) is 12.2 Å². The average molecular weight is 239 g/mol. The lowest BCUT2D eigenvalue weighted by Gasteiger charge is -2.18. The Morgan fingerprint density at radius 3 is 2.35 bits per heavy atom. The van der Waals surface area contributed by atoms with Gasteiger partial charge in [0.05, 0.1) is 31.1 Å². The number of imide groups is 1. The quantitative estimate of drug-likeness (QED) is 0.551. The standard InChI is InChI=1S/C12H17NO4/c1-17-7-8(14)6-13-11(15)9-4-2-3-5-10(9)12(13)16/h2-3,8-10,14H,4-7H2,1H3/t8?,9-,10+. The molecule has 1 aliphatic carbocycles. The largest absolute Gasteiger partial charge is 0.389 e. The molecule has 1 saturated heterocycles. The van der Waals surface area contributed by atoms with E-state index in [1.165, 1.54) is 12.0 Å². The molecule has 0 spiro atoms. The van der Waals surface area contributed by atoms with Gasteiger partial charge >= 0.3 is 0 Å². The molecule has 2 aliphatic rings. The van der Waals surface area contributed by atoms with E-state index in [-0.39, 0.29) is 36.8 Å². The molecule has 0 saturated carbocycles. The van der Waals surface area contributed by atoms with Gasteiger partial charge in [-0.2, -0.15) is 0 Å². The van der Waals surface area contributed by atoms with Crippen molar-refractivity contribution in [1.82, 2.24) is 4.90 Å². The highest BCUT2D eigenvalue weighted by Gasteiger charge is 2.47. The van der Waals surface area contributed by atoms with E-state index in [9.17, 15) is 14.7 Å². The van der Waals surface area contributed by atoms with Crippen molar-refractivity contribution in [2.45, 2.75) is 18.9 Å². The lowest BCUT2D eigenvalue weighted by Crippen LogP contribution is -2.39. The van der Waals surface area contributed by atoms with Crippen LogP contribution < -0.4 is 0 Å². The van der Waals surface area contributed by atoms with Gasteiger partial charge in [0, 0.05) is 7.11 Å². The number of allylic oxidation sites excluding steroid dienone is 2. The smallest absolute Gasteiger partial charge is 0.233 e. The lowest BCUT2D eigenvalue weighted by molar-refractivity contribution is -0.142. The van der Waals surface area contributed by atoms with Crippen LogP contribution in [-0.4, -0.2) is 48.2 Å². The van der Waals surface area contributed by atoms with Crippen molar-refractivity contribution >= 4 is 11.8 Å².